The highest BCUT2D eigenvalue weighted by atomic mass is 32.2. The molecule has 0 unspecified atom stereocenters. The van der Waals surface area contributed by atoms with Crippen LogP contribution in [0, 0.1) is 0 Å². The van der Waals surface area contributed by atoms with Crippen molar-refractivity contribution in [3.8, 4) is 10.8 Å². The van der Waals surface area contributed by atoms with Gasteiger partial charge in [-0.15, -0.1) is 29.7 Å². The quantitative estimate of drug-likeness (QED) is 0.797. The molecule has 0 aliphatic heterocycles. The summed E-state index contributed by atoms with van der Waals surface area (Å²) in [6.07, 6.45) is 3.31. The fraction of sp³-hybridized carbons (Fsp3) is 0.286. The van der Waals surface area contributed by atoms with Gasteiger partial charge in [0.1, 0.15) is 0 Å². The van der Waals surface area contributed by atoms with Gasteiger partial charge in [0.05, 0.1) is 17.2 Å². The van der Waals surface area contributed by atoms with Crippen molar-refractivity contribution in [1.29, 1.82) is 0 Å². The van der Waals surface area contributed by atoms with Crippen molar-refractivity contribution < 1.29 is 9.21 Å². The average Bonchev–Trinajstić information content (AvgIpc) is 3.12. The number of hydrogen-bond acceptors (Lipinski definition) is 5. The molecular formula is C14H16N2O2S2. The van der Waals surface area contributed by atoms with Gasteiger partial charge in [0, 0.05) is 17.7 Å². The molecule has 4 nitrogen and oxygen atoms in total. The van der Waals surface area contributed by atoms with E-state index >= 15 is 0 Å². The summed E-state index contributed by atoms with van der Waals surface area (Å²) in [7, 11) is 0. The molecule has 1 N–H and O–H groups in total. The lowest BCUT2D eigenvalue weighted by atomic mass is 10.4. The highest BCUT2D eigenvalue weighted by Crippen LogP contribution is 2.26. The van der Waals surface area contributed by atoms with Crippen molar-refractivity contribution in [2.75, 3.05) is 6.54 Å². The van der Waals surface area contributed by atoms with Crippen molar-refractivity contribution in [2.45, 2.75) is 17.9 Å². The summed E-state index contributed by atoms with van der Waals surface area (Å²) in [5, 5.41) is 5.55. The zero-order valence-corrected chi connectivity index (χ0v) is 12.8. The lowest BCUT2D eigenvalue weighted by molar-refractivity contribution is -0.120. The van der Waals surface area contributed by atoms with Crippen LogP contribution in [0.15, 0.2) is 40.8 Å². The number of amides is 1. The molecule has 6 heteroatoms. The monoisotopic (exact) mass is 308 g/mol. The van der Waals surface area contributed by atoms with Crippen LogP contribution in [-0.2, 0) is 10.5 Å². The van der Waals surface area contributed by atoms with E-state index in [1.165, 1.54) is 0 Å². The van der Waals surface area contributed by atoms with E-state index in [0.717, 1.165) is 16.5 Å². The third-order valence-corrected chi connectivity index (χ3v) is 4.64. The van der Waals surface area contributed by atoms with Gasteiger partial charge in [0.15, 0.2) is 10.8 Å². The molecule has 0 radical (unpaired) electrons. The van der Waals surface area contributed by atoms with Gasteiger partial charge in [-0.2, -0.15) is 0 Å². The third kappa shape index (κ3) is 3.98. The molecule has 2 rings (SSSR count). The summed E-state index contributed by atoms with van der Waals surface area (Å²) in [6.45, 7) is 5.97. The van der Waals surface area contributed by atoms with Crippen LogP contribution in [0.1, 0.15) is 12.6 Å². The molecular weight excluding hydrogens is 292 g/mol. The summed E-state index contributed by atoms with van der Waals surface area (Å²) >= 11 is 3.12. The molecule has 0 saturated heterocycles. The maximum Gasteiger partial charge on any atom is 0.233 e. The summed E-state index contributed by atoms with van der Waals surface area (Å²) in [5.74, 6) is 1.51. The number of nitrogens with one attached hydrogen (secondary N) is 1. The Bertz CT molecular complexity index is 564. The Morgan fingerprint density at radius 2 is 2.55 bits per heavy atom. The van der Waals surface area contributed by atoms with E-state index < -0.39 is 0 Å². The van der Waals surface area contributed by atoms with Crippen LogP contribution in [0.3, 0.4) is 0 Å². The fourth-order valence-corrected chi connectivity index (χ4v) is 3.18. The van der Waals surface area contributed by atoms with Crippen LogP contribution >= 0.6 is 23.1 Å². The summed E-state index contributed by atoms with van der Waals surface area (Å²) in [4.78, 5) is 16.2. The predicted molar refractivity (Wildman–Crippen MR) is 83.8 cm³/mol. The Morgan fingerprint density at radius 1 is 1.70 bits per heavy atom. The van der Waals surface area contributed by atoms with E-state index in [4.69, 9.17) is 4.42 Å². The molecule has 1 amide bonds. The van der Waals surface area contributed by atoms with Gasteiger partial charge in [-0.3, -0.25) is 4.79 Å². The van der Waals surface area contributed by atoms with Crippen LogP contribution < -0.4 is 5.32 Å². The highest BCUT2D eigenvalue weighted by molar-refractivity contribution is 7.99. The smallest absolute Gasteiger partial charge is 0.233 e. The minimum absolute atomic E-state index is 0.0244. The Labute approximate surface area is 126 Å². The molecule has 0 aromatic carbocycles. The zero-order chi connectivity index (χ0) is 14.4. The number of aromatic nitrogens is 1. The topological polar surface area (TPSA) is 55.1 Å². The number of thiazole rings is 1. The number of carbonyl (C=O) groups is 1. The molecule has 20 heavy (non-hydrogen) atoms. The maximum atomic E-state index is 11.7. The average molecular weight is 308 g/mol. The first-order chi connectivity index (χ1) is 9.70. The van der Waals surface area contributed by atoms with Gasteiger partial charge in [-0.05, 0) is 19.1 Å². The van der Waals surface area contributed by atoms with Crippen molar-refractivity contribution in [3.63, 3.8) is 0 Å². The van der Waals surface area contributed by atoms with Gasteiger partial charge < -0.3 is 9.73 Å². The lowest BCUT2D eigenvalue weighted by Crippen LogP contribution is -2.30. The number of thioether (sulfide) groups is 1. The Morgan fingerprint density at radius 3 is 3.25 bits per heavy atom. The van der Waals surface area contributed by atoms with Crippen LogP contribution in [0.25, 0.3) is 10.8 Å². The van der Waals surface area contributed by atoms with E-state index in [1.54, 1.807) is 35.4 Å². The first kappa shape index (κ1) is 14.9. The third-order valence-electron chi connectivity index (χ3n) is 2.55. The number of nitrogens with zero attached hydrogens (tertiary/aromatic N) is 1. The van der Waals surface area contributed by atoms with Gasteiger partial charge >= 0.3 is 0 Å². The predicted octanol–water partition coefficient (Wildman–Crippen LogP) is 3.33. The molecule has 0 saturated carbocycles. The van der Waals surface area contributed by atoms with Gasteiger partial charge in [0.2, 0.25) is 5.91 Å². The largest absolute Gasteiger partial charge is 0.462 e. The molecule has 2 aromatic rings. The molecule has 0 aliphatic rings. The second kappa shape index (κ2) is 7.31. The highest BCUT2D eigenvalue weighted by Gasteiger charge is 2.14. The van der Waals surface area contributed by atoms with E-state index in [9.17, 15) is 4.79 Å². The van der Waals surface area contributed by atoms with Crippen LogP contribution in [0.5, 0.6) is 0 Å². The fourth-order valence-electron chi connectivity index (χ4n) is 1.49. The van der Waals surface area contributed by atoms with Crippen LogP contribution in [-0.4, -0.2) is 22.7 Å². The molecule has 0 bridgehead atoms. The van der Waals surface area contributed by atoms with Crippen molar-refractivity contribution in [2.24, 2.45) is 0 Å². The number of rotatable bonds is 7. The van der Waals surface area contributed by atoms with Crippen LogP contribution in [0.4, 0.5) is 0 Å². The van der Waals surface area contributed by atoms with Gasteiger partial charge in [-0.1, -0.05) is 6.08 Å². The minimum atomic E-state index is -0.108. The van der Waals surface area contributed by atoms with Crippen LogP contribution in [0.2, 0.25) is 0 Å². The Balaban J connectivity index is 1.85. The summed E-state index contributed by atoms with van der Waals surface area (Å²) < 4.78 is 5.31. The SMILES string of the molecule is C=CCNC(=O)[C@H](C)SCc1csc(-c2ccco2)n1. The molecule has 1 atom stereocenters. The zero-order valence-electron chi connectivity index (χ0n) is 11.2. The second-order valence-corrected chi connectivity index (χ2v) is 6.30. The maximum absolute atomic E-state index is 11.7. The number of furan rings is 1. The number of hydrogen-bond donors (Lipinski definition) is 1. The first-order valence-corrected chi connectivity index (χ1v) is 8.12. The summed E-state index contributed by atoms with van der Waals surface area (Å²) in [6, 6.07) is 3.73. The molecule has 106 valence electrons. The van der Waals surface area contributed by atoms with E-state index in [0.29, 0.717) is 12.3 Å². The molecule has 2 heterocycles. The van der Waals surface area contributed by atoms with Gasteiger partial charge in [0.25, 0.3) is 0 Å². The minimum Gasteiger partial charge on any atom is -0.462 e. The standard InChI is InChI=1S/C14H16N2O2S2/c1-3-6-15-13(17)10(2)19-8-11-9-20-14(16-11)12-5-4-7-18-12/h3-5,7,9-10H,1,6,8H2,2H3,(H,15,17)/t10-/m0/s1. The van der Waals surface area contributed by atoms with E-state index in [2.05, 4.69) is 16.9 Å². The van der Waals surface area contributed by atoms with Crippen molar-refractivity contribution in [3.05, 3.63) is 42.1 Å². The molecule has 0 aliphatic carbocycles. The Kier molecular flexibility index (Phi) is 5.43. The number of carbonyl (C=O) groups excluding carboxylic acids is 1. The second-order valence-electron chi connectivity index (χ2n) is 4.11. The Hall–Kier alpha value is -1.53. The summed E-state index contributed by atoms with van der Waals surface area (Å²) in [5.41, 5.74) is 0.967. The van der Waals surface area contributed by atoms with Gasteiger partial charge in [-0.25, -0.2) is 4.98 Å². The first-order valence-electron chi connectivity index (χ1n) is 6.19. The lowest BCUT2D eigenvalue weighted by Gasteiger charge is -2.09. The van der Waals surface area contributed by atoms with E-state index in [-0.39, 0.29) is 11.2 Å². The van der Waals surface area contributed by atoms with Crippen molar-refractivity contribution >= 4 is 29.0 Å². The van der Waals surface area contributed by atoms with E-state index in [1.807, 2.05) is 24.4 Å². The molecule has 2 aromatic heterocycles. The van der Waals surface area contributed by atoms with Crippen molar-refractivity contribution in [1.82, 2.24) is 10.3 Å². The normalized spacial score (nSPS) is 12.1. The molecule has 0 spiro atoms. The molecule has 0 fully saturated rings.